The van der Waals surface area contributed by atoms with E-state index in [-0.39, 0.29) is 11.9 Å². The summed E-state index contributed by atoms with van der Waals surface area (Å²) in [5.74, 6) is 1.03. The maximum Gasteiger partial charge on any atom is 0.231 e. The third-order valence-electron chi connectivity index (χ3n) is 4.06. The highest BCUT2D eigenvalue weighted by atomic mass is 32.2. The number of nitrogens with one attached hydrogen (secondary N) is 1. The molecule has 1 fully saturated rings. The Labute approximate surface area is 143 Å². The van der Waals surface area contributed by atoms with Crippen LogP contribution in [0.15, 0.2) is 46.2 Å². The molecule has 1 aliphatic rings. The third kappa shape index (κ3) is 3.17. The van der Waals surface area contributed by atoms with E-state index in [1.54, 1.807) is 6.33 Å². The van der Waals surface area contributed by atoms with Crippen molar-refractivity contribution in [2.75, 3.05) is 5.75 Å². The molecule has 1 atom stereocenters. The maximum atomic E-state index is 12.2. The highest BCUT2D eigenvalue weighted by Gasteiger charge is 2.26. The van der Waals surface area contributed by atoms with E-state index in [1.807, 2.05) is 37.3 Å². The van der Waals surface area contributed by atoms with Gasteiger partial charge in [0.1, 0.15) is 17.7 Å². The summed E-state index contributed by atoms with van der Waals surface area (Å²) in [6, 6.07) is 10.1. The number of aromatic nitrogens is 3. The van der Waals surface area contributed by atoms with Gasteiger partial charge in [-0.3, -0.25) is 4.79 Å². The average Bonchev–Trinajstić information content (AvgIpc) is 3.16. The zero-order valence-corrected chi connectivity index (χ0v) is 14.1. The second-order valence-corrected chi connectivity index (χ2v) is 6.96. The Morgan fingerprint density at radius 1 is 1.46 bits per heavy atom. The highest BCUT2D eigenvalue weighted by Crippen LogP contribution is 2.37. The normalized spacial score (nSPS) is 15.5. The maximum absolute atomic E-state index is 12.2. The second-order valence-electron chi connectivity index (χ2n) is 6.02. The van der Waals surface area contributed by atoms with Gasteiger partial charge in [-0.2, -0.15) is 0 Å². The van der Waals surface area contributed by atoms with Crippen molar-refractivity contribution < 1.29 is 9.21 Å². The van der Waals surface area contributed by atoms with E-state index in [2.05, 4.69) is 20.1 Å². The molecule has 4 rings (SSSR count). The molecule has 0 saturated heterocycles. The van der Waals surface area contributed by atoms with Crippen LogP contribution in [-0.4, -0.2) is 26.4 Å². The fourth-order valence-electron chi connectivity index (χ4n) is 2.64. The monoisotopic (exact) mass is 342 g/mol. The standard InChI is InChI=1S/C17H18N4O2S/c1-11(15-8-12-4-2-3-5-14(12)23-15)19-16(22)9-24-17-20-18-10-21(17)13-6-7-13/h2-5,8,10-11,13H,6-7,9H2,1H3,(H,19,22). The van der Waals surface area contributed by atoms with Gasteiger partial charge in [0, 0.05) is 11.4 Å². The summed E-state index contributed by atoms with van der Waals surface area (Å²) in [7, 11) is 0. The molecule has 1 N–H and O–H groups in total. The predicted molar refractivity (Wildman–Crippen MR) is 91.8 cm³/mol. The summed E-state index contributed by atoms with van der Waals surface area (Å²) in [6.45, 7) is 1.92. The lowest BCUT2D eigenvalue weighted by molar-refractivity contribution is -0.119. The zero-order valence-electron chi connectivity index (χ0n) is 13.3. The Morgan fingerprint density at radius 3 is 3.08 bits per heavy atom. The van der Waals surface area contributed by atoms with Crippen molar-refractivity contribution in [1.82, 2.24) is 20.1 Å². The fourth-order valence-corrected chi connectivity index (χ4v) is 3.43. The number of furan rings is 1. The van der Waals surface area contributed by atoms with Gasteiger partial charge in [0.15, 0.2) is 5.16 Å². The number of hydrogen-bond donors (Lipinski definition) is 1. The van der Waals surface area contributed by atoms with Crippen LogP contribution < -0.4 is 5.32 Å². The lowest BCUT2D eigenvalue weighted by atomic mass is 10.2. The van der Waals surface area contributed by atoms with Crippen LogP contribution in [0.5, 0.6) is 0 Å². The minimum absolute atomic E-state index is 0.0432. The molecule has 6 nitrogen and oxygen atoms in total. The van der Waals surface area contributed by atoms with Crippen molar-refractivity contribution in [1.29, 1.82) is 0 Å². The van der Waals surface area contributed by atoms with Gasteiger partial charge < -0.3 is 14.3 Å². The molecule has 24 heavy (non-hydrogen) atoms. The van der Waals surface area contributed by atoms with Crippen molar-refractivity contribution in [2.24, 2.45) is 0 Å². The molecule has 1 aromatic carbocycles. The molecule has 3 aromatic rings. The molecule has 0 spiro atoms. The van der Waals surface area contributed by atoms with Crippen molar-refractivity contribution in [3.8, 4) is 0 Å². The molecule has 124 valence electrons. The van der Waals surface area contributed by atoms with Gasteiger partial charge >= 0.3 is 0 Å². The Hall–Kier alpha value is -2.28. The lowest BCUT2D eigenvalue weighted by Gasteiger charge is -2.11. The predicted octanol–water partition coefficient (Wildman–Crippen LogP) is 3.33. The van der Waals surface area contributed by atoms with Crippen molar-refractivity contribution in [3.05, 3.63) is 42.4 Å². The number of nitrogens with zero attached hydrogens (tertiary/aromatic N) is 3. The highest BCUT2D eigenvalue weighted by molar-refractivity contribution is 7.99. The molecular formula is C17H18N4O2S. The van der Waals surface area contributed by atoms with Crippen LogP contribution in [0.25, 0.3) is 11.0 Å². The number of thioether (sulfide) groups is 1. The Kier molecular flexibility index (Phi) is 4.02. The van der Waals surface area contributed by atoms with E-state index in [1.165, 1.54) is 24.6 Å². The molecule has 0 aliphatic heterocycles. The van der Waals surface area contributed by atoms with Crippen molar-refractivity contribution in [3.63, 3.8) is 0 Å². The molecule has 2 aromatic heterocycles. The van der Waals surface area contributed by atoms with Crippen molar-refractivity contribution in [2.45, 2.75) is 37.0 Å². The molecule has 0 bridgehead atoms. The topological polar surface area (TPSA) is 73.0 Å². The lowest BCUT2D eigenvalue weighted by Crippen LogP contribution is -2.28. The molecule has 2 heterocycles. The molecule has 1 saturated carbocycles. The first-order chi connectivity index (χ1) is 11.7. The van der Waals surface area contributed by atoms with E-state index in [0.29, 0.717) is 11.8 Å². The smallest absolute Gasteiger partial charge is 0.231 e. The zero-order chi connectivity index (χ0) is 16.5. The quantitative estimate of drug-likeness (QED) is 0.696. The van der Waals surface area contributed by atoms with E-state index >= 15 is 0 Å². The summed E-state index contributed by atoms with van der Waals surface area (Å²) in [6.07, 6.45) is 4.08. The van der Waals surface area contributed by atoms with Crippen LogP contribution in [0.2, 0.25) is 0 Å². The van der Waals surface area contributed by atoms with Gasteiger partial charge in [-0.15, -0.1) is 10.2 Å². The van der Waals surface area contributed by atoms with Crippen LogP contribution in [0.3, 0.4) is 0 Å². The third-order valence-corrected chi connectivity index (χ3v) is 5.02. The van der Waals surface area contributed by atoms with Crippen LogP contribution in [0, 0.1) is 0 Å². The summed E-state index contributed by atoms with van der Waals surface area (Å²) in [4.78, 5) is 12.2. The van der Waals surface area contributed by atoms with Crippen LogP contribution in [0.1, 0.15) is 37.6 Å². The molecule has 1 unspecified atom stereocenters. The largest absolute Gasteiger partial charge is 0.459 e. The molecule has 1 aliphatic carbocycles. The summed E-state index contributed by atoms with van der Waals surface area (Å²) < 4.78 is 7.85. The number of carbonyl (C=O) groups excluding carboxylic acids is 1. The molecular weight excluding hydrogens is 324 g/mol. The minimum atomic E-state index is -0.174. The van der Waals surface area contributed by atoms with E-state index in [9.17, 15) is 4.79 Å². The summed E-state index contributed by atoms with van der Waals surface area (Å²) in [5.41, 5.74) is 0.834. The van der Waals surface area contributed by atoms with E-state index in [0.717, 1.165) is 21.9 Å². The van der Waals surface area contributed by atoms with Gasteiger partial charge in [-0.05, 0) is 31.9 Å². The van der Waals surface area contributed by atoms with Crippen LogP contribution in [0.4, 0.5) is 0 Å². The average molecular weight is 342 g/mol. The van der Waals surface area contributed by atoms with Gasteiger partial charge in [-0.1, -0.05) is 30.0 Å². The van der Waals surface area contributed by atoms with Gasteiger partial charge in [0.05, 0.1) is 11.8 Å². The van der Waals surface area contributed by atoms with Gasteiger partial charge in [0.2, 0.25) is 5.91 Å². The molecule has 0 radical (unpaired) electrons. The number of hydrogen-bond acceptors (Lipinski definition) is 5. The number of para-hydroxylation sites is 1. The number of amides is 1. The minimum Gasteiger partial charge on any atom is -0.459 e. The van der Waals surface area contributed by atoms with Gasteiger partial charge in [0.25, 0.3) is 0 Å². The molecule has 1 amide bonds. The summed E-state index contributed by atoms with van der Waals surface area (Å²) in [5, 5.41) is 12.9. The Morgan fingerprint density at radius 2 is 2.29 bits per heavy atom. The number of fused-ring (bicyclic) bond motifs is 1. The molecule has 7 heteroatoms. The second kappa shape index (κ2) is 6.32. The van der Waals surface area contributed by atoms with E-state index < -0.39 is 0 Å². The first-order valence-corrected chi connectivity index (χ1v) is 8.99. The van der Waals surface area contributed by atoms with Crippen molar-refractivity contribution >= 4 is 28.6 Å². The first kappa shape index (κ1) is 15.3. The number of rotatable bonds is 6. The number of carbonyl (C=O) groups is 1. The fraction of sp³-hybridized carbons (Fsp3) is 0.353. The van der Waals surface area contributed by atoms with Gasteiger partial charge in [-0.25, -0.2) is 0 Å². The Bertz CT molecular complexity index is 835. The van der Waals surface area contributed by atoms with Crippen LogP contribution in [-0.2, 0) is 4.79 Å². The Balaban J connectivity index is 1.35. The van der Waals surface area contributed by atoms with Crippen LogP contribution >= 0.6 is 11.8 Å². The first-order valence-electron chi connectivity index (χ1n) is 8.01. The SMILES string of the molecule is CC(NC(=O)CSc1nncn1C1CC1)c1cc2ccccc2o1. The van der Waals surface area contributed by atoms with E-state index in [4.69, 9.17) is 4.42 Å². The number of benzene rings is 1. The summed E-state index contributed by atoms with van der Waals surface area (Å²) >= 11 is 1.42.